The number of fused-ring (bicyclic) bond motifs is 1. The molecular weight excluding hydrogens is 350 g/mol. The summed E-state index contributed by atoms with van der Waals surface area (Å²) >= 11 is 1.72. The van der Waals surface area contributed by atoms with Crippen molar-refractivity contribution in [2.75, 3.05) is 13.2 Å². The third-order valence-electron chi connectivity index (χ3n) is 4.42. The second kappa shape index (κ2) is 7.17. The van der Waals surface area contributed by atoms with Gasteiger partial charge in [0, 0.05) is 23.5 Å². The molecule has 5 nitrogen and oxygen atoms in total. The van der Waals surface area contributed by atoms with Crippen LogP contribution in [0, 0.1) is 0 Å². The molecule has 0 unspecified atom stereocenters. The highest BCUT2D eigenvalue weighted by molar-refractivity contribution is 7.10. The molecule has 0 saturated heterocycles. The first kappa shape index (κ1) is 16.6. The third-order valence-corrected chi connectivity index (χ3v) is 5.45. The van der Waals surface area contributed by atoms with Gasteiger partial charge < -0.3 is 14.1 Å². The predicted molar refractivity (Wildman–Crippen MR) is 97.9 cm³/mol. The van der Waals surface area contributed by atoms with Gasteiger partial charge in [-0.05, 0) is 35.1 Å². The Morgan fingerprint density at radius 2 is 2.00 bits per heavy atom. The zero-order chi connectivity index (χ0) is 17.9. The number of carbonyl (C=O) groups is 2. The minimum atomic E-state index is -0.629. The standard InChI is InChI=1S/C20H17NO4S/c22-18(21-9-6-17-15(12-21)8-11-26-17)13-25-20(23)19-16(7-10-24-19)14-4-2-1-3-5-14/h1-5,7-8,10-11H,6,9,12-13H2. The van der Waals surface area contributed by atoms with E-state index in [1.54, 1.807) is 22.3 Å². The van der Waals surface area contributed by atoms with Crippen molar-refractivity contribution in [3.63, 3.8) is 0 Å². The molecule has 0 bridgehead atoms. The van der Waals surface area contributed by atoms with E-state index in [9.17, 15) is 9.59 Å². The maximum atomic E-state index is 12.4. The molecule has 2 aromatic heterocycles. The summed E-state index contributed by atoms with van der Waals surface area (Å²) in [4.78, 5) is 27.8. The van der Waals surface area contributed by atoms with E-state index in [4.69, 9.17) is 9.15 Å². The molecule has 0 aliphatic carbocycles. The van der Waals surface area contributed by atoms with Gasteiger partial charge in [-0.15, -0.1) is 11.3 Å². The van der Waals surface area contributed by atoms with Crippen molar-refractivity contribution >= 4 is 23.2 Å². The Balaban J connectivity index is 1.39. The molecular formula is C20H17NO4S. The monoisotopic (exact) mass is 367 g/mol. The molecule has 0 N–H and O–H groups in total. The van der Waals surface area contributed by atoms with Crippen LogP contribution in [0.1, 0.15) is 21.0 Å². The van der Waals surface area contributed by atoms with Crippen molar-refractivity contribution < 1.29 is 18.7 Å². The number of benzene rings is 1. The summed E-state index contributed by atoms with van der Waals surface area (Å²) in [7, 11) is 0. The Kier molecular flexibility index (Phi) is 4.58. The van der Waals surface area contributed by atoms with Crippen LogP contribution in [0.25, 0.3) is 11.1 Å². The van der Waals surface area contributed by atoms with Crippen LogP contribution in [-0.2, 0) is 22.5 Å². The molecule has 1 amide bonds. The minimum absolute atomic E-state index is 0.114. The van der Waals surface area contributed by atoms with E-state index in [1.165, 1.54) is 16.7 Å². The number of nitrogens with zero attached hydrogens (tertiary/aromatic N) is 1. The Hall–Kier alpha value is -2.86. The number of ether oxygens (including phenoxy) is 1. The predicted octanol–water partition coefficient (Wildman–Crippen LogP) is 3.75. The van der Waals surface area contributed by atoms with Crippen LogP contribution in [0.2, 0.25) is 0 Å². The molecule has 6 heteroatoms. The van der Waals surface area contributed by atoms with Gasteiger partial charge in [0.1, 0.15) is 0 Å². The lowest BCUT2D eigenvalue weighted by molar-refractivity contribution is -0.135. The summed E-state index contributed by atoms with van der Waals surface area (Å²) < 4.78 is 10.5. The van der Waals surface area contributed by atoms with Gasteiger partial charge in [0.25, 0.3) is 5.91 Å². The molecule has 0 saturated carbocycles. The molecule has 1 aliphatic heterocycles. The number of rotatable bonds is 4. The summed E-state index contributed by atoms with van der Waals surface area (Å²) in [5.74, 6) is -0.707. The van der Waals surface area contributed by atoms with E-state index in [0.29, 0.717) is 18.7 Å². The lowest BCUT2D eigenvalue weighted by atomic mass is 10.1. The average molecular weight is 367 g/mol. The lowest BCUT2D eigenvalue weighted by Crippen LogP contribution is -2.38. The summed E-state index contributed by atoms with van der Waals surface area (Å²) in [6, 6.07) is 13.2. The number of amides is 1. The van der Waals surface area contributed by atoms with E-state index in [1.807, 2.05) is 41.8 Å². The molecule has 3 aromatic rings. The molecule has 0 spiro atoms. The highest BCUT2D eigenvalue weighted by atomic mass is 32.1. The van der Waals surface area contributed by atoms with Crippen molar-refractivity contribution in [1.29, 1.82) is 0 Å². The van der Waals surface area contributed by atoms with E-state index in [0.717, 1.165) is 12.0 Å². The number of hydrogen-bond acceptors (Lipinski definition) is 5. The molecule has 0 atom stereocenters. The first-order valence-corrected chi connectivity index (χ1v) is 9.23. The molecule has 0 fully saturated rings. The summed E-state index contributed by atoms with van der Waals surface area (Å²) in [5.41, 5.74) is 2.70. The topological polar surface area (TPSA) is 59.8 Å². The van der Waals surface area contributed by atoms with Gasteiger partial charge in [-0.2, -0.15) is 0 Å². The van der Waals surface area contributed by atoms with Crippen LogP contribution in [0.5, 0.6) is 0 Å². The van der Waals surface area contributed by atoms with E-state index in [-0.39, 0.29) is 18.3 Å². The Morgan fingerprint density at radius 3 is 2.85 bits per heavy atom. The lowest BCUT2D eigenvalue weighted by Gasteiger charge is -2.26. The van der Waals surface area contributed by atoms with Crippen LogP contribution < -0.4 is 0 Å². The Morgan fingerprint density at radius 1 is 1.15 bits per heavy atom. The fraction of sp³-hybridized carbons (Fsp3) is 0.200. The number of hydrogen-bond donors (Lipinski definition) is 0. The van der Waals surface area contributed by atoms with Crippen LogP contribution in [0.4, 0.5) is 0 Å². The van der Waals surface area contributed by atoms with Gasteiger partial charge in [-0.25, -0.2) is 4.79 Å². The largest absolute Gasteiger partial charge is 0.457 e. The zero-order valence-corrected chi connectivity index (χ0v) is 14.8. The molecule has 4 rings (SSSR count). The molecule has 1 aliphatic rings. The fourth-order valence-corrected chi connectivity index (χ4v) is 3.95. The average Bonchev–Trinajstić information content (AvgIpc) is 3.35. The smallest absolute Gasteiger partial charge is 0.375 e. The molecule has 26 heavy (non-hydrogen) atoms. The first-order valence-electron chi connectivity index (χ1n) is 8.35. The van der Waals surface area contributed by atoms with Crippen molar-refractivity contribution in [2.45, 2.75) is 13.0 Å². The first-order chi connectivity index (χ1) is 12.7. The van der Waals surface area contributed by atoms with Crippen LogP contribution in [0.3, 0.4) is 0 Å². The maximum absolute atomic E-state index is 12.4. The van der Waals surface area contributed by atoms with Gasteiger partial charge in [-0.1, -0.05) is 30.3 Å². The quantitative estimate of drug-likeness (QED) is 0.659. The number of carbonyl (C=O) groups excluding carboxylic acids is 2. The Bertz CT molecular complexity index is 928. The van der Waals surface area contributed by atoms with Crippen molar-refractivity contribution in [3.05, 3.63) is 70.3 Å². The molecule has 0 radical (unpaired) electrons. The van der Waals surface area contributed by atoms with Gasteiger partial charge in [0.15, 0.2) is 6.61 Å². The van der Waals surface area contributed by atoms with Crippen LogP contribution in [-0.4, -0.2) is 29.9 Å². The highest BCUT2D eigenvalue weighted by Crippen LogP contribution is 2.26. The van der Waals surface area contributed by atoms with Gasteiger partial charge in [0.2, 0.25) is 5.76 Å². The molecule has 132 valence electrons. The van der Waals surface area contributed by atoms with Crippen molar-refractivity contribution in [1.82, 2.24) is 4.90 Å². The summed E-state index contributed by atoms with van der Waals surface area (Å²) in [5, 5.41) is 2.04. The summed E-state index contributed by atoms with van der Waals surface area (Å²) in [6.07, 6.45) is 2.30. The third kappa shape index (κ3) is 3.28. The van der Waals surface area contributed by atoms with Gasteiger partial charge >= 0.3 is 5.97 Å². The normalized spacial score (nSPS) is 13.3. The number of thiophene rings is 1. The van der Waals surface area contributed by atoms with Crippen molar-refractivity contribution in [3.8, 4) is 11.1 Å². The Labute approximate surface area is 154 Å². The zero-order valence-electron chi connectivity index (χ0n) is 14.0. The van der Waals surface area contributed by atoms with Crippen LogP contribution in [0.15, 0.2) is 58.5 Å². The second-order valence-electron chi connectivity index (χ2n) is 6.04. The fourth-order valence-electron chi connectivity index (χ4n) is 3.06. The number of furan rings is 1. The SMILES string of the molecule is O=C(OCC(=O)N1CCc2sccc2C1)c1occc1-c1ccccc1. The van der Waals surface area contributed by atoms with E-state index in [2.05, 4.69) is 0 Å². The minimum Gasteiger partial charge on any atom is -0.457 e. The maximum Gasteiger partial charge on any atom is 0.375 e. The number of esters is 1. The van der Waals surface area contributed by atoms with Gasteiger partial charge in [0.05, 0.1) is 6.26 Å². The molecule has 1 aromatic carbocycles. The summed E-state index contributed by atoms with van der Waals surface area (Å²) in [6.45, 7) is 0.943. The molecule has 3 heterocycles. The van der Waals surface area contributed by atoms with E-state index < -0.39 is 5.97 Å². The van der Waals surface area contributed by atoms with Gasteiger partial charge in [-0.3, -0.25) is 4.79 Å². The highest BCUT2D eigenvalue weighted by Gasteiger charge is 2.24. The van der Waals surface area contributed by atoms with Crippen molar-refractivity contribution in [2.24, 2.45) is 0 Å². The van der Waals surface area contributed by atoms with Crippen LogP contribution >= 0.6 is 11.3 Å². The second-order valence-corrected chi connectivity index (χ2v) is 7.04. The van der Waals surface area contributed by atoms with E-state index >= 15 is 0 Å².